The fourth-order valence-corrected chi connectivity index (χ4v) is 4.12. The van der Waals surface area contributed by atoms with E-state index in [1.807, 2.05) is 54.9 Å². The first-order chi connectivity index (χ1) is 15.1. The van der Waals surface area contributed by atoms with Crippen molar-refractivity contribution in [2.75, 3.05) is 17.2 Å². The number of amides is 1. The molecule has 0 aliphatic rings. The molecule has 0 saturated carbocycles. The summed E-state index contributed by atoms with van der Waals surface area (Å²) in [6, 6.07) is 21.9. The molecule has 0 radical (unpaired) electrons. The van der Waals surface area contributed by atoms with E-state index in [0.717, 1.165) is 46.7 Å². The molecule has 0 bridgehead atoms. The first-order valence-electron chi connectivity index (χ1n) is 10.3. The molecule has 2 N–H and O–H groups in total. The monoisotopic (exact) mass is 427 g/mol. The predicted molar refractivity (Wildman–Crippen MR) is 130 cm³/mol. The number of hydrogen-bond acceptors (Lipinski definition) is 4. The van der Waals surface area contributed by atoms with Gasteiger partial charge in [-0.2, -0.15) is 0 Å². The molecule has 156 valence electrons. The molecular weight excluding hydrogens is 402 g/mol. The van der Waals surface area contributed by atoms with E-state index in [4.69, 9.17) is 0 Å². The van der Waals surface area contributed by atoms with Gasteiger partial charge in [0, 0.05) is 35.3 Å². The van der Waals surface area contributed by atoms with Crippen molar-refractivity contribution < 1.29 is 4.79 Å². The van der Waals surface area contributed by atoms with Crippen molar-refractivity contribution in [3.63, 3.8) is 0 Å². The molecule has 0 saturated heterocycles. The SMILES string of the molecule is Cc1ccc(-c2c(C)cccc2C(=O)Nc2ccc(NCCc3cscn3)cc2)cc1. The Labute approximate surface area is 187 Å². The van der Waals surface area contributed by atoms with Crippen LogP contribution >= 0.6 is 11.3 Å². The number of nitrogens with zero attached hydrogens (tertiary/aromatic N) is 1. The van der Waals surface area contributed by atoms with Gasteiger partial charge in [-0.15, -0.1) is 11.3 Å². The molecule has 1 amide bonds. The minimum Gasteiger partial charge on any atom is -0.385 e. The average Bonchev–Trinajstić information content (AvgIpc) is 3.29. The Balaban J connectivity index is 1.45. The van der Waals surface area contributed by atoms with Crippen molar-refractivity contribution in [3.05, 3.63) is 100 Å². The Morgan fingerprint density at radius 1 is 0.935 bits per heavy atom. The van der Waals surface area contributed by atoms with Crippen molar-refractivity contribution in [2.45, 2.75) is 20.3 Å². The number of carbonyl (C=O) groups is 1. The van der Waals surface area contributed by atoms with Crippen LogP contribution in [-0.4, -0.2) is 17.4 Å². The number of benzene rings is 3. The van der Waals surface area contributed by atoms with Crippen LogP contribution in [0.2, 0.25) is 0 Å². The quantitative estimate of drug-likeness (QED) is 0.362. The summed E-state index contributed by atoms with van der Waals surface area (Å²) in [6.07, 6.45) is 0.886. The van der Waals surface area contributed by atoms with Crippen LogP contribution in [0.25, 0.3) is 11.1 Å². The van der Waals surface area contributed by atoms with Crippen LogP contribution in [0.15, 0.2) is 77.6 Å². The van der Waals surface area contributed by atoms with Gasteiger partial charge in [0.2, 0.25) is 0 Å². The van der Waals surface area contributed by atoms with Crippen LogP contribution in [0.3, 0.4) is 0 Å². The molecule has 5 heteroatoms. The molecule has 0 atom stereocenters. The zero-order valence-corrected chi connectivity index (χ0v) is 18.5. The number of rotatable bonds is 7. The van der Waals surface area contributed by atoms with E-state index in [2.05, 4.69) is 52.2 Å². The first kappa shape index (κ1) is 20.8. The second-order valence-corrected chi connectivity index (χ2v) is 8.27. The van der Waals surface area contributed by atoms with Gasteiger partial charge in [-0.25, -0.2) is 4.98 Å². The Kier molecular flexibility index (Phi) is 6.43. The molecule has 31 heavy (non-hydrogen) atoms. The fraction of sp³-hybridized carbons (Fsp3) is 0.154. The van der Waals surface area contributed by atoms with Gasteiger partial charge >= 0.3 is 0 Å². The standard InChI is InChI=1S/C26H25N3OS/c1-18-6-8-20(9-7-18)25-19(2)4-3-5-24(25)26(30)29-22-12-10-21(11-13-22)27-15-14-23-16-31-17-28-23/h3-13,16-17,27H,14-15H2,1-2H3,(H,29,30). The highest BCUT2D eigenvalue weighted by Gasteiger charge is 2.15. The smallest absolute Gasteiger partial charge is 0.256 e. The summed E-state index contributed by atoms with van der Waals surface area (Å²) >= 11 is 1.61. The predicted octanol–water partition coefficient (Wildman–Crippen LogP) is 6.33. The number of nitrogens with one attached hydrogen (secondary N) is 2. The van der Waals surface area contributed by atoms with Crippen LogP contribution in [0.4, 0.5) is 11.4 Å². The molecule has 0 fully saturated rings. The minimum atomic E-state index is -0.108. The van der Waals surface area contributed by atoms with Crippen molar-refractivity contribution >= 4 is 28.6 Å². The average molecular weight is 428 g/mol. The van der Waals surface area contributed by atoms with Crippen LogP contribution < -0.4 is 10.6 Å². The van der Waals surface area contributed by atoms with Gasteiger partial charge in [0.1, 0.15) is 0 Å². The topological polar surface area (TPSA) is 54.0 Å². The maximum atomic E-state index is 13.1. The Morgan fingerprint density at radius 2 is 1.68 bits per heavy atom. The third-order valence-corrected chi connectivity index (χ3v) is 5.83. The lowest BCUT2D eigenvalue weighted by molar-refractivity contribution is 0.102. The van der Waals surface area contributed by atoms with Crippen LogP contribution in [-0.2, 0) is 6.42 Å². The lowest BCUT2D eigenvalue weighted by Gasteiger charge is -2.14. The summed E-state index contributed by atoms with van der Waals surface area (Å²) in [5.41, 5.74) is 9.72. The molecule has 0 aliphatic carbocycles. The zero-order chi connectivity index (χ0) is 21.6. The third-order valence-electron chi connectivity index (χ3n) is 5.19. The van der Waals surface area contributed by atoms with Crippen molar-refractivity contribution in [2.24, 2.45) is 0 Å². The van der Waals surface area contributed by atoms with Gasteiger partial charge in [0.25, 0.3) is 5.91 Å². The summed E-state index contributed by atoms with van der Waals surface area (Å²) in [5.74, 6) is -0.108. The molecule has 3 aromatic carbocycles. The summed E-state index contributed by atoms with van der Waals surface area (Å²) in [7, 11) is 0. The number of hydrogen-bond donors (Lipinski definition) is 2. The Bertz CT molecular complexity index is 1150. The van der Waals surface area contributed by atoms with Crippen molar-refractivity contribution in [1.82, 2.24) is 4.98 Å². The summed E-state index contributed by atoms with van der Waals surface area (Å²) in [4.78, 5) is 17.4. The van der Waals surface area contributed by atoms with Crippen molar-refractivity contribution in [3.8, 4) is 11.1 Å². The van der Waals surface area contributed by atoms with E-state index in [1.54, 1.807) is 11.3 Å². The Hall–Kier alpha value is -3.44. The van der Waals surface area contributed by atoms with E-state index in [0.29, 0.717) is 5.56 Å². The molecule has 0 aliphatic heterocycles. The Morgan fingerprint density at radius 3 is 2.39 bits per heavy atom. The third kappa shape index (κ3) is 5.19. The summed E-state index contributed by atoms with van der Waals surface area (Å²) in [5, 5.41) is 8.49. The van der Waals surface area contributed by atoms with E-state index in [9.17, 15) is 4.79 Å². The van der Waals surface area contributed by atoms with Crippen LogP contribution in [0.5, 0.6) is 0 Å². The normalized spacial score (nSPS) is 10.6. The van der Waals surface area contributed by atoms with Crippen LogP contribution in [0, 0.1) is 13.8 Å². The summed E-state index contributed by atoms with van der Waals surface area (Å²) in [6.45, 7) is 4.92. The number of carbonyl (C=O) groups excluding carboxylic acids is 1. The molecule has 4 nitrogen and oxygen atoms in total. The number of aryl methyl sites for hydroxylation is 2. The lowest BCUT2D eigenvalue weighted by Crippen LogP contribution is -2.14. The molecule has 0 unspecified atom stereocenters. The molecule has 0 spiro atoms. The fourth-order valence-electron chi connectivity index (χ4n) is 3.53. The number of thiazole rings is 1. The first-order valence-corrected chi connectivity index (χ1v) is 11.2. The largest absolute Gasteiger partial charge is 0.385 e. The van der Waals surface area contributed by atoms with Gasteiger partial charge in [0.05, 0.1) is 11.2 Å². The minimum absolute atomic E-state index is 0.108. The maximum Gasteiger partial charge on any atom is 0.256 e. The maximum absolute atomic E-state index is 13.1. The highest BCUT2D eigenvalue weighted by molar-refractivity contribution is 7.07. The molecule has 1 aromatic heterocycles. The van der Waals surface area contributed by atoms with Gasteiger partial charge in [0.15, 0.2) is 0 Å². The van der Waals surface area contributed by atoms with Gasteiger partial charge < -0.3 is 10.6 Å². The second kappa shape index (κ2) is 9.58. The van der Waals surface area contributed by atoms with E-state index in [-0.39, 0.29) is 5.91 Å². The highest BCUT2D eigenvalue weighted by atomic mass is 32.1. The van der Waals surface area contributed by atoms with Crippen molar-refractivity contribution in [1.29, 1.82) is 0 Å². The van der Waals surface area contributed by atoms with Gasteiger partial charge in [-0.05, 0) is 60.9 Å². The second-order valence-electron chi connectivity index (χ2n) is 7.55. The van der Waals surface area contributed by atoms with E-state index >= 15 is 0 Å². The molecule has 4 rings (SSSR count). The number of aromatic nitrogens is 1. The number of anilines is 2. The highest BCUT2D eigenvalue weighted by Crippen LogP contribution is 2.28. The van der Waals surface area contributed by atoms with E-state index in [1.165, 1.54) is 5.56 Å². The van der Waals surface area contributed by atoms with Crippen LogP contribution in [0.1, 0.15) is 27.2 Å². The van der Waals surface area contributed by atoms with E-state index < -0.39 is 0 Å². The molecule has 1 heterocycles. The summed E-state index contributed by atoms with van der Waals surface area (Å²) < 4.78 is 0. The molecule has 4 aromatic rings. The van der Waals surface area contributed by atoms with Gasteiger partial charge in [-0.1, -0.05) is 42.0 Å². The van der Waals surface area contributed by atoms with Gasteiger partial charge in [-0.3, -0.25) is 4.79 Å². The lowest BCUT2D eigenvalue weighted by atomic mass is 9.94. The zero-order valence-electron chi connectivity index (χ0n) is 17.7. The molecular formula is C26H25N3OS.